The second-order valence-electron chi connectivity index (χ2n) is 5.81. The predicted molar refractivity (Wildman–Crippen MR) is 98.5 cm³/mol. The lowest BCUT2D eigenvalue weighted by Gasteiger charge is -2.32. The van der Waals surface area contributed by atoms with Gasteiger partial charge in [-0.05, 0) is 31.7 Å². The first kappa shape index (κ1) is 21.8. The van der Waals surface area contributed by atoms with Crippen LogP contribution in [0.5, 0.6) is 17.2 Å². The van der Waals surface area contributed by atoms with Crippen molar-refractivity contribution in [2.45, 2.75) is 24.2 Å². The zero-order chi connectivity index (χ0) is 17.7. The maximum atomic E-state index is 13.2. The van der Waals surface area contributed by atoms with Crippen molar-refractivity contribution in [1.82, 2.24) is 4.31 Å². The molecule has 1 aromatic rings. The summed E-state index contributed by atoms with van der Waals surface area (Å²) in [5, 5.41) is 0. The molecule has 0 bridgehead atoms. The van der Waals surface area contributed by atoms with Crippen LogP contribution in [-0.2, 0) is 10.0 Å². The molecule has 1 aliphatic rings. The second-order valence-corrected chi connectivity index (χ2v) is 7.68. The normalized spacial score (nSPS) is 18.3. The van der Waals surface area contributed by atoms with E-state index in [9.17, 15) is 8.42 Å². The molecular weight excluding hydrogens is 368 g/mol. The Bertz CT molecular complexity index is 641. The van der Waals surface area contributed by atoms with Gasteiger partial charge in [0, 0.05) is 25.2 Å². The van der Waals surface area contributed by atoms with E-state index in [2.05, 4.69) is 0 Å². The lowest BCUT2D eigenvalue weighted by Crippen LogP contribution is -2.40. The molecule has 1 fully saturated rings. The van der Waals surface area contributed by atoms with Crippen LogP contribution in [0.1, 0.15) is 19.3 Å². The smallest absolute Gasteiger partial charge is 0.250 e. The van der Waals surface area contributed by atoms with Crippen LogP contribution in [0.3, 0.4) is 0 Å². The van der Waals surface area contributed by atoms with Gasteiger partial charge in [-0.25, -0.2) is 8.42 Å². The number of sulfonamides is 1. The van der Waals surface area contributed by atoms with E-state index >= 15 is 0 Å². The third kappa shape index (κ3) is 4.69. The summed E-state index contributed by atoms with van der Waals surface area (Å²) in [6.45, 7) is 1.52. The maximum absolute atomic E-state index is 13.2. The second kappa shape index (κ2) is 9.47. The van der Waals surface area contributed by atoms with Gasteiger partial charge in [0.05, 0.1) is 21.3 Å². The monoisotopic (exact) mass is 394 g/mol. The van der Waals surface area contributed by atoms with E-state index in [1.807, 2.05) is 0 Å². The molecule has 1 heterocycles. The quantitative estimate of drug-likeness (QED) is 0.759. The van der Waals surface area contributed by atoms with E-state index in [0.717, 1.165) is 19.3 Å². The zero-order valence-corrected chi connectivity index (χ0v) is 16.5. The van der Waals surface area contributed by atoms with E-state index in [1.54, 1.807) is 12.1 Å². The molecule has 0 aromatic heterocycles. The molecule has 1 unspecified atom stereocenters. The number of hydrogen-bond donors (Lipinski definition) is 1. The van der Waals surface area contributed by atoms with Gasteiger partial charge >= 0.3 is 0 Å². The van der Waals surface area contributed by atoms with Gasteiger partial charge in [-0.2, -0.15) is 4.31 Å². The molecule has 0 saturated carbocycles. The van der Waals surface area contributed by atoms with Crippen molar-refractivity contribution in [3.05, 3.63) is 12.1 Å². The number of rotatable bonds is 7. The summed E-state index contributed by atoms with van der Waals surface area (Å²) in [5.74, 6) is 1.19. The number of halogens is 1. The van der Waals surface area contributed by atoms with Gasteiger partial charge in [0.1, 0.15) is 17.2 Å². The highest BCUT2D eigenvalue weighted by Crippen LogP contribution is 2.40. The Morgan fingerprint density at radius 1 is 1.16 bits per heavy atom. The molecule has 9 heteroatoms. The van der Waals surface area contributed by atoms with Gasteiger partial charge in [-0.3, -0.25) is 0 Å². The fourth-order valence-electron chi connectivity index (χ4n) is 3.07. The summed E-state index contributed by atoms with van der Waals surface area (Å²) in [6, 6.07) is 3.10. The van der Waals surface area contributed by atoms with Crippen LogP contribution in [0.2, 0.25) is 0 Å². The Labute approximate surface area is 155 Å². The highest BCUT2D eigenvalue weighted by Gasteiger charge is 2.35. The van der Waals surface area contributed by atoms with Crippen LogP contribution in [0.15, 0.2) is 17.0 Å². The van der Waals surface area contributed by atoms with Crippen molar-refractivity contribution < 1.29 is 22.6 Å². The fourth-order valence-corrected chi connectivity index (χ4v) is 4.90. The number of benzene rings is 1. The Balaban J connectivity index is 0.00000312. The van der Waals surface area contributed by atoms with Crippen molar-refractivity contribution in [3.63, 3.8) is 0 Å². The average Bonchev–Trinajstić information content (AvgIpc) is 2.60. The average molecular weight is 395 g/mol. The molecule has 0 aliphatic carbocycles. The highest BCUT2D eigenvalue weighted by molar-refractivity contribution is 7.89. The molecule has 1 aromatic carbocycles. The van der Waals surface area contributed by atoms with Crippen LogP contribution < -0.4 is 19.9 Å². The minimum Gasteiger partial charge on any atom is -0.496 e. The van der Waals surface area contributed by atoms with Crippen LogP contribution in [0.25, 0.3) is 0 Å². The van der Waals surface area contributed by atoms with Gasteiger partial charge in [0.25, 0.3) is 0 Å². The van der Waals surface area contributed by atoms with Crippen molar-refractivity contribution in [2.24, 2.45) is 11.7 Å². The summed E-state index contributed by atoms with van der Waals surface area (Å²) in [7, 11) is 0.630. The molecule has 1 aliphatic heterocycles. The molecule has 0 amide bonds. The van der Waals surface area contributed by atoms with Crippen LogP contribution in [-0.4, -0.2) is 53.7 Å². The van der Waals surface area contributed by atoms with Crippen LogP contribution in [0, 0.1) is 5.92 Å². The topological polar surface area (TPSA) is 91.1 Å². The lowest BCUT2D eigenvalue weighted by atomic mass is 9.96. The van der Waals surface area contributed by atoms with E-state index in [-0.39, 0.29) is 34.7 Å². The van der Waals surface area contributed by atoms with Crippen LogP contribution in [0.4, 0.5) is 0 Å². The Hall–Kier alpha value is -1.22. The molecule has 0 radical (unpaired) electrons. The third-order valence-electron chi connectivity index (χ3n) is 4.32. The molecule has 2 N–H and O–H groups in total. The first-order valence-electron chi connectivity index (χ1n) is 7.98. The van der Waals surface area contributed by atoms with Gasteiger partial charge < -0.3 is 19.9 Å². The van der Waals surface area contributed by atoms with Gasteiger partial charge in [-0.15, -0.1) is 12.4 Å². The van der Waals surface area contributed by atoms with E-state index < -0.39 is 10.0 Å². The molecule has 7 nitrogen and oxygen atoms in total. The van der Waals surface area contributed by atoms with Crippen molar-refractivity contribution in [3.8, 4) is 17.2 Å². The van der Waals surface area contributed by atoms with Crippen molar-refractivity contribution in [2.75, 3.05) is 41.0 Å². The highest BCUT2D eigenvalue weighted by atomic mass is 35.5. The number of ether oxygens (including phenoxy) is 3. The molecule has 25 heavy (non-hydrogen) atoms. The van der Waals surface area contributed by atoms with E-state index in [0.29, 0.717) is 25.4 Å². The Morgan fingerprint density at radius 3 is 2.24 bits per heavy atom. The largest absolute Gasteiger partial charge is 0.496 e. The molecule has 1 saturated heterocycles. The summed E-state index contributed by atoms with van der Waals surface area (Å²) in [6.07, 6.45) is 2.65. The zero-order valence-electron chi connectivity index (χ0n) is 14.9. The number of piperidine rings is 1. The summed E-state index contributed by atoms with van der Waals surface area (Å²) < 4.78 is 43.7. The number of nitrogens with zero attached hydrogens (tertiary/aromatic N) is 1. The maximum Gasteiger partial charge on any atom is 0.250 e. The molecule has 0 spiro atoms. The lowest BCUT2D eigenvalue weighted by molar-refractivity contribution is 0.256. The van der Waals surface area contributed by atoms with E-state index in [1.165, 1.54) is 25.6 Å². The van der Waals surface area contributed by atoms with Gasteiger partial charge in [-0.1, -0.05) is 0 Å². The van der Waals surface area contributed by atoms with Crippen molar-refractivity contribution in [1.29, 1.82) is 0 Å². The van der Waals surface area contributed by atoms with E-state index in [4.69, 9.17) is 19.9 Å². The molecular formula is C16H27ClN2O5S. The standard InChI is InChI=1S/C16H26N2O5S.ClH/c1-21-13-9-14(22-2)16(15(10-13)23-3)24(19,20)18-8-4-5-12(11-18)6-7-17;/h9-10,12H,4-8,11,17H2,1-3H3;1H. The Kier molecular flexibility index (Phi) is 8.27. The summed E-state index contributed by atoms with van der Waals surface area (Å²) >= 11 is 0. The fraction of sp³-hybridized carbons (Fsp3) is 0.625. The first-order chi connectivity index (χ1) is 11.5. The third-order valence-corrected chi connectivity index (χ3v) is 6.25. The summed E-state index contributed by atoms with van der Waals surface area (Å²) in [5.41, 5.74) is 5.63. The van der Waals surface area contributed by atoms with Crippen molar-refractivity contribution >= 4 is 22.4 Å². The van der Waals surface area contributed by atoms with Gasteiger partial charge in [0.2, 0.25) is 10.0 Å². The van der Waals surface area contributed by atoms with Crippen LogP contribution >= 0.6 is 12.4 Å². The number of nitrogens with two attached hydrogens (primary N) is 1. The number of methoxy groups -OCH3 is 3. The predicted octanol–water partition coefficient (Wildman–Crippen LogP) is 1.88. The molecule has 144 valence electrons. The SMILES string of the molecule is COc1cc(OC)c(S(=O)(=O)N2CCCC(CCN)C2)c(OC)c1.Cl. The molecule has 1 atom stereocenters. The number of hydrogen-bond acceptors (Lipinski definition) is 6. The first-order valence-corrected chi connectivity index (χ1v) is 9.42. The summed E-state index contributed by atoms with van der Waals surface area (Å²) in [4.78, 5) is 0.0432. The minimum atomic E-state index is -3.74. The minimum absolute atomic E-state index is 0. The Morgan fingerprint density at radius 2 is 1.76 bits per heavy atom. The van der Waals surface area contributed by atoms with Gasteiger partial charge in [0.15, 0.2) is 4.90 Å². The molecule has 2 rings (SSSR count).